The summed E-state index contributed by atoms with van der Waals surface area (Å²) in [4.78, 5) is 57.5. The third kappa shape index (κ3) is 14.4. The number of hydrogen-bond acceptors (Lipinski definition) is 10. The van der Waals surface area contributed by atoms with Gasteiger partial charge in [0.25, 0.3) is 5.91 Å². The van der Waals surface area contributed by atoms with E-state index in [1.807, 2.05) is 5.38 Å². The Morgan fingerprint density at radius 2 is 1.74 bits per heavy atom. The highest BCUT2D eigenvalue weighted by Gasteiger charge is 2.24. The maximum atomic E-state index is 12.3. The molecule has 2 aromatic rings. The highest BCUT2D eigenvalue weighted by atomic mass is 127. The molecule has 0 aliphatic rings. The predicted octanol–water partition coefficient (Wildman–Crippen LogP) is -1.43. The molecule has 0 saturated heterocycles. The number of rotatable bonds is 15. The second-order valence-electron chi connectivity index (χ2n) is 10.5. The van der Waals surface area contributed by atoms with E-state index in [4.69, 9.17) is 4.74 Å². The molecular weight excluding hydrogens is 715 g/mol. The van der Waals surface area contributed by atoms with Gasteiger partial charge in [0.15, 0.2) is 0 Å². The van der Waals surface area contributed by atoms with Crippen LogP contribution in [0.15, 0.2) is 10.8 Å². The molecule has 0 aromatic carbocycles. The minimum atomic E-state index is -1.15. The second-order valence-corrected chi connectivity index (χ2v) is 14.7. The van der Waals surface area contributed by atoms with Gasteiger partial charge in [0.05, 0.1) is 36.1 Å². The van der Waals surface area contributed by atoms with E-state index in [1.54, 1.807) is 26.2 Å². The van der Waals surface area contributed by atoms with Gasteiger partial charge in [-0.3, -0.25) is 14.4 Å². The standard InChI is InChI=1S/C26H40N6O6S3.HI/c1-16(19(33)12-30-25(37)38-26(2,3)4)22(35)29-13-20(34)27-10-8-21-31-18(15-39-21)24-32-17(14-40-24)23(36)28-9-7-11-41(5)6;/h14-16,19,33H,7-13H2,1-6H3,(H3-,27,28,29,30,34,35,36,37);1H/t16-,19+;/m0./s1. The van der Waals surface area contributed by atoms with Crippen molar-refractivity contribution in [1.82, 2.24) is 31.2 Å². The zero-order chi connectivity index (χ0) is 30.6. The largest absolute Gasteiger partial charge is 1.00 e. The van der Waals surface area contributed by atoms with Gasteiger partial charge in [0.2, 0.25) is 11.8 Å². The fourth-order valence-corrected chi connectivity index (χ4v) is 5.56. The lowest BCUT2D eigenvalue weighted by Gasteiger charge is -2.22. The van der Waals surface area contributed by atoms with Crippen LogP contribution in [0.2, 0.25) is 0 Å². The van der Waals surface area contributed by atoms with Crippen molar-refractivity contribution in [2.24, 2.45) is 5.92 Å². The predicted molar refractivity (Wildman–Crippen MR) is 163 cm³/mol. The number of nitrogens with zero attached hydrogens (tertiary/aromatic N) is 2. The molecule has 5 N–H and O–H groups in total. The van der Waals surface area contributed by atoms with E-state index < -0.39 is 29.6 Å². The summed E-state index contributed by atoms with van der Waals surface area (Å²) in [7, 11) is 0.356. The maximum Gasteiger partial charge on any atom is 0.407 e. The Kier molecular flexibility index (Phi) is 16.8. The molecule has 2 rings (SSSR count). The highest BCUT2D eigenvalue weighted by molar-refractivity contribution is 7.95. The number of thiazole rings is 2. The first kappa shape index (κ1) is 38.0. The first-order valence-electron chi connectivity index (χ1n) is 13.2. The van der Waals surface area contributed by atoms with Crippen LogP contribution < -0.4 is 45.2 Å². The number of carbonyl (C=O) groups excluding carboxylic acids is 4. The summed E-state index contributed by atoms with van der Waals surface area (Å²) in [5, 5.41) is 25.8. The van der Waals surface area contributed by atoms with Crippen molar-refractivity contribution in [3.05, 3.63) is 21.5 Å². The summed E-state index contributed by atoms with van der Waals surface area (Å²) < 4.78 is 5.10. The lowest BCUT2D eigenvalue weighted by molar-refractivity contribution is -0.130. The number of aliphatic hydroxyl groups is 1. The van der Waals surface area contributed by atoms with Crippen molar-refractivity contribution >= 4 is 57.4 Å². The number of amides is 4. The van der Waals surface area contributed by atoms with Crippen molar-refractivity contribution in [3.63, 3.8) is 0 Å². The Hall–Kier alpha value is -2.02. The number of halogens is 1. The Labute approximate surface area is 274 Å². The minimum absolute atomic E-state index is 0. The molecule has 0 aliphatic heterocycles. The van der Waals surface area contributed by atoms with Gasteiger partial charge in [0.1, 0.15) is 27.7 Å². The molecule has 236 valence electrons. The topological polar surface area (TPSA) is 172 Å². The van der Waals surface area contributed by atoms with E-state index in [-0.39, 0.29) is 48.9 Å². The molecule has 2 heterocycles. The van der Waals surface area contributed by atoms with Crippen LogP contribution in [0, 0.1) is 5.92 Å². The summed E-state index contributed by atoms with van der Waals surface area (Å²) in [6.45, 7) is 7.19. The van der Waals surface area contributed by atoms with E-state index >= 15 is 0 Å². The summed E-state index contributed by atoms with van der Waals surface area (Å²) in [6.07, 6.45) is 3.94. The number of aromatic nitrogens is 2. The zero-order valence-electron chi connectivity index (χ0n) is 24.7. The summed E-state index contributed by atoms with van der Waals surface area (Å²) >= 11 is 2.79. The second kappa shape index (κ2) is 18.6. The molecule has 12 nitrogen and oxygen atoms in total. The summed E-state index contributed by atoms with van der Waals surface area (Å²) in [5.41, 5.74) is 0.383. The first-order chi connectivity index (χ1) is 19.2. The quantitative estimate of drug-likeness (QED) is 0.0837. The summed E-state index contributed by atoms with van der Waals surface area (Å²) in [5.74, 6) is -0.858. The van der Waals surface area contributed by atoms with Gasteiger partial charge in [0, 0.05) is 43.2 Å². The number of ether oxygens (including phenoxy) is 1. The lowest BCUT2D eigenvalue weighted by atomic mass is 10.0. The van der Waals surface area contributed by atoms with Crippen molar-refractivity contribution in [2.75, 3.05) is 44.4 Å². The number of aliphatic hydroxyl groups excluding tert-OH is 1. The van der Waals surface area contributed by atoms with Gasteiger partial charge in [-0.1, -0.05) is 6.92 Å². The molecule has 0 fully saturated rings. The Balaban J connectivity index is 0.00000882. The zero-order valence-corrected chi connectivity index (χ0v) is 29.4. The Morgan fingerprint density at radius 3 is 2.40 bits per heavy atom. The third-order valence-electron chi connectivity index (χ3n) is 5.45. The van der Waals surface area contributed by atoms with E-state index in [2.05, 4.69) is 43.7 Å². The smallest absolute Gasteiger partial charge is 0.407 e. The normalized spacial score (nSPS) is 12.6. The molecule has 2 atom stereocenters. The Bertz CT molecular complexity index is 1170. The molecular formula is C26H41IN6O6S3. The fraction of sp³-hybridized carbons (Fsp3) is 0.615. The van der Waals surface area contributed by atoms with Crippen LogP contribution in [0.1, 0.15) is 49.6 Å². The van der Waals surface area contributed by atoms with Crippen LogP contribution >= 0.6 is 22.7 Å². The van der Waals surface area contributed by atoms with Crippen LogP contribution in [0.3, 0.4) is 0 Å². The monoisotopic (exact) mass is 756 g/mol. The van der Waals surface area contributed by atoms with Crippen LogP contribution in [0.4, 0.5) is 4.79 Å². The molecule has 0 saturated carbocycles. The fourth-order valence-electron chi connectivity index (χ4n) is 3.23. The molecule has 2 aromatic heterocycles. The van der Waals surface area contributed by atoms with Gasteiger partial charge in [-0.05, 0) is 31.7 Å². The summed E-state index contributed by atoms with van der Waals surface area (Å²) in [6, 6.07) is 0. The van der Waals surface area contributed by atoms with E-state index in [0.717, 1.165) is 17.2 Å². The Morgan fingerprint density at radius 1 is 1.02 bits per heavy atom. The molecule has 0 spiro atoms. The average molecular weight is 757 g/mol. The van der Waals surface area contributed by atoms with Gasteiger partial charge < -0.3 is 55.1 Å². The van der Waals surface area contributed by atoms with Crippen molar-refractivity contribution in [2.45, 2.75) is 52.2 Å². The van der Waals surface area contributed by atoms with Gasteiger partial charge in [-0.2, -0.15) is 0 Å². The maximum absolute atomic E-state index is 12.3. The van der Waals surface area contributed by atoms with Crippen molar-refractivity contribution in [3.8, 4) is 10.7 Å². The number of alkyl carbamates (subject to hydrolysis) is 1. The lowest BCUT2D eigenvalue weighted by Crippen LogP contribution is -3.00. The van der Waals surface area contributed by atoms with Crippen LogP contribution in [-0.2, 0) is 31.6 Å². The molecule has 42 heavy (non-hydrogen) atoms. The van der Waals surface area contributed by atoms with E-state index in [1.165, 1.54) is 29.6 Å². The van der Waals surface area contributed by atoms with Crippen LogP contribution in [0.25, 0.3) is 10.7 Å². The van der Waals surface area contributed by atoms with Crippen LogP contribution in [0.5, 0.6) is 0 Å². The molecule has 4 amide bonds. The molecule has 0 bridgehead atoms. The first-order valence-corrected chi connectivity index (χ1v) is 17.1. The van der Waals surface area contributed by atoms with Crippen molar-refractivity contribution in [1.29, 1.82) is 0 Å². The molecule has 0 radical (unpaired) electrons. The molecule has 0 unspecified atom stereocenters. The number of carbonyl (C=O) groups is 4. The molecule has 0 aliphatic carbocycles. The highest BCUT2D eigenvalue weighted by Crippen LogP contribution is 2.25. The van der Waals surface area contributed by atoms with E-state index in [0.29, 0.717) is 46.8 Å². The minimum Gasteiger partial charge on any atom is -1.00 e. The van der Waals surface area contributed by atoms with Gasteiger partial charge in [-0.25, -0.2) is 14.8 Å². The average Bonchev–Trinajstić information content (AvgIpc) is 3.57. The van der Waals surface area contributed by atoms with Crippen LogP contribution in [-0.4, -0.2) is 95.0 Å². The molecule has 16 heteroatoms. The SMILES string of the molecule is C[C@H](C(=O)NCC(=O)NCCc1nc(-c2nc(C(=O)NCCC[S+](C)C)cs2)cs1)[C@H](O)CNC(=O)OC(C)(C)C.[I-]. The third-order valence-corrected chi connectivity index (χ3v) is 8.33. The van der Waals surface area contributed by atoms with E-state index in [9.17, 15) is 24.3 Å². The number of nitrogens with one attached hydrogen (secondary N) is 4. The van der Waals surface area contributed by atoms with Gasteiger partial charge in [-0.15, -0.1) is 22.7 Å². The number of hydrogen-bond donors (Lipinski definition) is 5. The van der Waals surface area contributed by atoms with Crippen molar-refractivity contribution < 1.29 is 53.0 Å². The van der Waals surface area contributed by atoms with Gasteiger partial charge >= 0.3 is 6.09 Å².